The van der Waals surface area contributed by atoms with Crippen molar-refractivity contribution in [2.75, 3.05) is 6.54 Å². The van der Waals surface area contributed by atoms with E-state index in [0.717, 1.165) is 17.4 Å². The van der Waals surface area contributed by atoms with Crippen molar-refractivity contribution in [1.82, 2.24) is 5.32 Å². The molecular formula is C13H15BrFN. The van der Waals surface area contributed by atoms with Crippen LogP contribution < -0.4 is 5.32 Å². The lowest BCUT2D eigenvalue weighted by Gasteiger charge is -2.17. The first-order valence-electron chi connectivity index (χ1n) is 5.30. The summed E-state index contributed by atoms with van der Waals surface area (Å²) in [6, 6.07) is 4.81. The van der Waals surface area contributed by atoms with Gasteiger partial charge in [0.15, 0.2) is 0 Å². The molecule has 1 aromatic rings. The van der Waals surface area contributed by atoms with Crippen LogP contribution in [0.15, 0.2) is 22.7 Å². The molecule has 0 radical (unpaired) electrons. The molecule has 0 amide bonds. The largest absolute Gasteiger partial charge is 0.309 e. The molecule has 0 saturated heterocycles. The summed E-state index contributed by atoms with van der Waals surface area (Å²) in [6.07, 6.45) is 6.79. The molecule has 1 N–H and O–H groups in total. The van der Waals surface area contributed by atoms with E-state index in [0.29, 0.717) is 12.0 Å². The number of rotatable bonds is 5. The van der Waals surface area contributed by atoms with Gasteiger partial charge >= 0.3 is 0 Å². The molecule has 1 atom stereocenters. The first-order chi connectivity index (χ1) is 7.69. The van der Waals surface area contributed by atoms with Crippen molar-refractivity contribution in [2.45, 2.75) is 25.8 Å². The van der Waals surface area contributed by atoms with Gasteiger partial charge in [0.25, 0.3) is 0 Å². The van der Waals surface area contributed by atoms with Gasteiger partial charge in [-0.3, -0.25) is 0 Å². The molecule has 0 heterocycles. The van der Waals surface area contributed by atoms with E-state index in [9.17, 15) is 4.39 Å². The Bertz CT molecular complexity index is 384. The number of benzene rings is 1. The molecular weight excluding hydrogens is 269 g/mol. The van der Waals surface area contributed by atoms with Crippen molar-refractivity contribution >= 4 is 15.9 Å². The van der Waals surface area contributed by atoms with Gasteiger partial charge in [0.2, 0.25) is 0 Å². The molecule has 16 heavy (non-hydrogen) atoms. The van der Waals surface area contributed by atoms with E-state index >= 15 is 0 Å². The normalized spacial score (nSPS) is 12.1. The second-order valence-corrected chi connectivity index (χ2v) is 4.50. The van der Waals surface area contributed by atoms with Crippen LogP contribution in [0.1, 0.15) is 31.4 Å². The van der Waals surface area contributed by atoms with Gasteiger partial charge in [-0.2, -0.15) is 0 Å². The van der Waals surface area contributed by atoms with Crippen molar-refractivity contribution in [2.24, 2.45) is 0 Å². The van der Waals surface area contributed by atoms with E-state index in [2.05, 4.69) is 34.1 Å². The lowest BCUT2D eigenvalue weighted by molar-refractivity contribution is 0.507. The molecule has 0 bridgehead atoms. The maximum absolute atomic E-state index is 13.6. The minimum absolute atomic E-state index is 0.109. The third-order valence-corrected chi connectivity index (χ3v) is 2.79. The van der Waals surface area contributed by atoms with Crippen LogP contribution in [0.25, 0.3) is 0 Å². The van der Waals surface area contributed by atoms with Crippen molar-refractivity contribution in [3.05, 3.63) is 34.1 Å². The summed E-state index contributed by atoms with van der Waals surface area (Å²) in [7, 11) is 0. The van der Waals surface area contributed by atoms with Gasteiger partial charge in [-0.25, -0.2) is 4.39 Å². The average molecular weight is 284 g/mol. The number of nitrogens with one attached hydrogen (secondary N) is 1. The van der Waals surface area contributed by atoms with Crippen LogP contribution >= 0.6 is 15.9 Å². The minimum Gasteiger partial charge on any atom is -0.309 e. The summed E-state index contributed by atoms with van der Waals surface area (Å²) >= 11 is 3.34. The van der Waals surface area contributed by atoms with E-state index in [-0.39, 0.29) is 11.9 Å². The summed E-state index contributed by atoms with van der Waals surface area (Å²) < 4.78 is 14.5. The smallest absolute Gasteiger partial charge is 0.128 e. The molecule has 0 aliphatic carbocycles. The maximum atomic E-state index is 13.6. The summed E-state index contributed by atoms with van der Waals surface area (Å²) in [5.74, 6) is 2.36. The van der Waals surface area contributed by atoms with Crippen LogP contribution in [-0.2, 0) is 0 Å². The lowest BCUT2D eigenvalue weighted by Crippen LogP contribution is -2.22. The van der Waals surface area contributed by atoms with Crippen molar-refractivity contribution < 1.29 is 4.39 Å². The van der Waals surface area contributed by atoms with Crippen LogP contribution in [0, 0.1) is 18.2 Å². The molecule has 3 heteroatoms. The second kappa shape index (κ2) is 6.67. The van der Waals surface area contributed by atoms with Crippen LogP contribution in [0.4, 0.5) is 4.39 Å². The first-order valence-corrected chi connectivity index (χ1v) is 6.10. The van der Waals surface area contributed by atoms with E-state index in [1.54, 1.807) is 12.1 Å². The number of terminal acetylenes is 1. The minimum atomic E-state index is -0.216. The highest BCUT2D eigenvalue weighted by molar-refractivity contribution is 9.10. The molecule has 1 aromatic carbocycles. The Morgan fingerprint density at radius 3 is 2.94 bits per heavy atom. The molecule has 0 spiro atoms. The Balaban J connectivity index is 2.91. The molecule has 1 nitrogen and oxygen atoms in total. The summed E-state index contributed by atoms with van der Waals surface area (Å²) in [5, 5.41) is 3.25. The van der Waals surface area contributed by atoms with Gasteiger partial charge < -0.3 is 5.32 Å². The second-order valence-electron chi connectivity index (χ2n) is 3.58. The fourth-order valence-electron chi connectivity index (χ4n) is 1.51. The summed E-state index contributed by atoms with van der Waals surface area (Å²) in [5.41, 5.74) is 0.626. The highest BCUT2D eigenvalue weighted by Crippen LogP contribution is 2.23. The SMILES string of the molecule is C#CCC(NCCC)c1cc(Br)ccc1F. The van der Waals surface area contributed by atoms with E-state index < -0.39 is 0 Å². The Labute approximate surface area is 105 Å². The maximum Gasteiger partial charge on any atom is 0.128 e. The Hall–Kier alpha value is -0.850. The molecule has 0 fully saturated rings. The van der Waals surface area contributed by atoms with Gasteiger partial charge in [0, 0.05) is 22.5 Å². The van der Waals surface area contributed by atoms with Gasteiger partial charge in [0.05, 0.1) is 0 Å². The third kappa shape index (κ3) is 3.62. The zero-order chi connectivity index (χ0) is 12.0. The monoisotopic (exact) mass is 283 g/mol. The summed E-state index contributed by atoms with van der Waals surface area (Å²) in [4.78, 5) is 0. The fraction of sp³-hybridized carbons (Fsp3) is 0.385. The zero-order valence-electron chi connectivity index (χ0n) is 9.26. The number of hydrogen-bond donors (Lipinski definition) is 1. The Morgan fingerprint density at radius 1 is 1.56 bits per heavy atom. The molecule has 0 saturated carbocycles. The fourth-order valence-corrected chi connectivity index (χ4v) is 1.89. The molecule has 0 aliphatic rings. The molecule has 0 aliphatic heterocycles. The van der Waals surface area contributed by atoms with Gasteiger partial charge in [-0.15, -0.1) is 12.3 Å². The van der Waals surface area contributed by atoms with Gasteiger partial charge in [0.1, 0.15) is 5.82 Å². The first kappa shape index (κ1) is 13.2. The third-order valence-electron chi connectivity index (χ3n) is 2.30. The molecule has 1 unspecified atom stereocenters. The van der Waals surface area contributed by atoms with E-state index in [1.165, 1.54) is 6.07 Å². The quantitative estimate of drug-likeness (QED) is 0.814. The lowest BCUT2D eigenvalue weighted by atomic mass is 10.0. The number of halogens is 2. The van der Waals surface area contributed by atoms with Crippen LogP contribution in [0.5, 0.6) is 0 Å². The molecule has 1 rings (SSSR count). The zero-order valence-corrected chi connectivity index (χ0v) is 10.8. The van der Waals surface area contributed by atoms with Gasteiger partial charge in [-0.1, -0.05) is 22.9 Å². The summed E-state index contributed by atoms with van der Waals surface area (Å²) in [6.45, 7) is 2.90. The van der Waals surface area contributed by atoms with Crippen LogP contribution in [0.3, 0.4) is 0 Å². The highest BCUT2D eigenvalue weighted by atomic mass is 79.9. The van der Waals surface area contributed by atoms with Crippen LogP contribution in [0.2, 0.25) is 0 Å². The topological polar surface area (TPSA) is 12.0 Å². The van der Waals surface area contributed by atoms with Crippen molar-refractivity contribution in [1.29, 1.82) is 0 Å². The van der Waals surface area contributed by atoms with Gasteiger partial charge in [-0.05, 0) is 31.2 Å². The molecule has 86 valence electrons. The average Bonchev–Trinajstić information content (AvgIpc) is 2.28. The predicted octanol–water partition coefficient (Wildman–Crippen LogP) is 3.65. The Morgan fingerprint density at radius 2 is 2.31 bits per heavy atom. The van der Waals surface area contributed by atoms with Crippen molar-refractivity contribution in [3.8, 4) is 12.3 Å². The van der Waals surface area contributed by atoms with E-state index in [4.69, 9.17) is 6.42 Å². The molecule has 0 aromatic heterocycles. The standard InChI is InChI=1S/C13H15BrFN/c1-3-5-13(16-8-4-2)11-9-10(14)6-7-12(11)15/h1,6-7,9,13,16H,4-5,8H2,2H3. The van der Waals surface area contributed by atoms with Crippen LogP contribution in [-0.4, -0.2) is 6.54 Å². The number of hydrogen-bond acceptors (Lipinski definition) is 1. The van der Waals surface area contributed by atoms with Crippen molar-refractivity contribution in [3.63, 3.8) is 0 Å². The van der Waals surface area contributed by atoms with E-state index in [1.807, 2.05) is 0 Å². The Kier molecular flexibility index (Phi) is 5.51. The predicted molar refractivity (Wildman–Crippen MR) is 68.6 cm³/mol. The highest BCUT2D eigenvalue weighted by Gasteiger charge is 2.14.